The number of ether oxygens (including phenoxy) is 2. The lowest BCUT2D eigenvalue weighted by Crippen LogP contribution is -2.25. The number of carboxylic acid groups (broad SMARTS) is 1. The highest BCUT2D eigenvalue weighted by Crippen LogP contribution is 2.29. The second-order valence-electron chi connectivity index (χ2n) is 3.20. The molecule has 16 heavy (non-hydrogen) atoms. The molecule has 0 saturated heterocycles. The lowest BCUT2D eigenvalue weighted by Gasteiger charge is -2.14. The number of carboxylic acids is 1. The molecule has 0 aliphatic rings. The molecule has 0 fully saturated rings. The number of hydrogen-bond donors (Lipinski definition) is 1. The van der Waals surface area contributed by atoms with Crippen LogP contribution >= 0.6 is 15.9 Å². The fourth-order valence-electron chi connectivity index (χ4n) is 1.41. The van der Waals surface area contributed by atoms with Crippen LogP contribution in [0.15, 0.2) is 22.7 Å². The van der Waals surface area contributed by atoms with Crippen LogP contribution in [0.4, 0.5) is 0 Å². The van der Waals surface area contributed by atoms with Crippen molar-refractivity contribution in [1.82, 2.24) is 0 Å². The van der Waals surface area contributed by atoms with Gasteiger partial charge in [0.1, 0.15) is 5.75 Å². The smallest absolute Gasteiger partial charge is 0.333 e. The van der Waals surface area contributed by atoms with Gasteiger partial charge in [0.15, 0.2) is 6.10 Å². The molecule has 88 valence electrons. The number of rotatable bonds is 5. The van der Waals surface area contributed by atoms with Crippen LogP contribution in [0, 0.1) is 0 Å². The summed E-state index contributed by atoms with van der Waals surface area (Å²) in [5, 5.41) is 8.89. The first kappa shape index (κ1) is 13.0. The Balaban J connectivity index is 2.95. The van der Waals surface area contributed by atoms with E-state index >= 15 is 0 Å². The Hall–Kier alpha value is -1.07. The fourth-order valence-corrected chi connectivity index (χ4v) is 1.98. The maximum Gasteiger partial charge on any atom is 0.333 e. The summed E-state index contributed by atoms with van der Waals surface area (Å²) < 4.78 is 10.9. The van der Waals surface area contributed by atoms with Crippen molar-refractivity contribution < 1.29 is 19.4 Å². The SMILES string of the molecule is COc1c(Br)cccc1CC(OC)C(=O)O. The Morgan fingerprint density at radius 1 is 1.50 bits per heavy atom. The summed E-state index contributed by atoms with van der Waals surface area (Å²) >= 11 is 3.34. The molecule has 4 nitrogen and oxygen atoms in total. The van der Waals surface area contributed by atoms with Gasteiger partial charge >= 0.3 is 5.97 Å². The van der Waals surface area contributed by atoms with Crippen molar-refractivity contribution in [3.63, 3.8) is 0 Å². The summed E-state index contributed by atoms with van der Waals surface area (Å²) in [6.45, 7) is 0. The molecule has 0 aromatic heterocycles. The molecule has 0 aliphatic heterocycles. The quantitative estimate of drug-likeness (QED) is 0.902. The van der Waals surface area contributed by atoms with Crippen LogP contribution in [0.1, 0.15) is 5.56 Å². The second-order valence-corrected chi connectivity index (χ2v) is 4.05. The summed E-state index contributed by atoms with van der Waals surface area (Å²) in [5.74, 6) is -0.338. The van der Waals surface area contributed by atoms with Crippen LogP contribution < -0.4 is 4.74 Å². The van der Waals surface area contributed by atoms with Gasteiger partial charge in [-0.15, -0.1) is 0 Å². The minimum atomic E-state index is -0.982. The number of methoxy groups -OCH3 is 2. The average molecular weight is 289 g/mol. The minimum absolute atomic E-state index is 0.272. The maximum absolute atomic E-state index is 10.8. The van der Waals surface area contributed by atoms with Gasteiger partial charge in [-0.2, -0.15) is 0 Å². The topological polar surface area (TPSA) is 55.8 Å². The zero-order valence-electron chi connectivity index (χ0n) is 9.07. The first-order valence-electron chi connectivity index (χ1n) is 4.67. The monoisotopic (exact) mass is 288 g/mol. The lowest BCUT2D eigenvalue weighted by atomic mass is 10.1. The Kier molecular flexibility index (Phi) is 4.76. The minimum Gasteiger partial charge on any atom is -0.495 e. The van der Waals surface area contributed by atoms with E-state index in [0.29, 0.717) is 5.75 Å². The van der Waals surface area contributed by atoms with Crippen LogP contribution in [0.3, 0.4) is 0 Å². The van der Waals surface area contributed by atoms with E-state index in [2.05, 4.69) is 15.9 Å². The predicted octanol–water partition coefficient (Wildman–Crippen LogP) is 2.10. The van der Waals surface area contributed by atoms with E-state index in [1.54, 1.807) is 7.11 Å². The number of halogens is 1. The standard InChI is InChI=1S/C11H13BrO4/c1-15-9(11(13)14)6-7-4-3-5-8(12)10(7)16-2/h3-5,9H,6H2,1-2H3,(H,13,14). The van der Waals surface area contributed by atoms with E-state index in [-0.39, 0.29) is 6.42 Å². The zero-order valence-corrected chi connectivity index (χ0v) is 10.7. The maximum atomic E-state index is 10.8. The van der Waals surface area contributed by atoms with Crippen LogP contribution in [-0.4, -0.2) is 31.4 Å². The Bertz CT molecular complexity index is 378. The van der Waals surface area contributed by atoms with Crippen LogP contribution in [0.2, 0.25) is 0 Å². The van der Waals surface area contributed by atoms with Gasteiger partial charge in [0.25, 0.3) is 0 Å². The van der Waals surface area contributed by atoms with E-state index in [1.165, 1.54) is 7.11 Å². The summed E-state index contributed by atoms with van der Waals surface area (Å²) in [5.41, 5.74) is 0.797. The van der Waals surface area contributed by atoms with Gasteiger partial charge in [-0.05, 0) is 27.6 Å². The van der Waals surface area contributed by atoms with Crippen LogP contribution in [0.5, 0.6) is 5.75 Å². The van der Waals surface area contributed by atoms with Crippen LogP contribution in [-0.2, 0) is 16.0 Å². The third kappa shape index (κ3) is 2.96. The largest absolute Gasteiger partial charge is 0.495 e. The number of aliphatic carboxylic acids is 1. The summed E-state index contributed by atoms with van der Waals surface area (Å²) in [6.07, 6.45) is -0.586. The number of para-hydroxylation sites is 1. The molecule has 1 rings (SSSR count). The molecule has 1 unspecified atom stereocenters. The summed E-state index contributed by atoms with van der Waals surface area (Å²) in [4.78, 5) is 10.8. The first-order chi connectivity index (χ1) is 7.60. The van der Waals surface area contributed by atoms with Crippen LogP contribution in [0.25, 0.3) is 0 Å². The summed E-state index contributed by atoms with van der Waals surface area (Å²) in [7, 11) is 2.93. The normalized spacial score (nSPS) is 12.2. The zero-order chi connectivity index (χ0) is 12.1. The molecule has 0 spiro atoms. The molecule has 0 amide bonds. The van der Waals surface area contributed by atoms with Crippen molar-refractivity contribution in [2.45, 2.75) is 12.5 Å². The van der Waals surface area contributed by atoms with E-state index in [1.807, 2.05) is 18.2 Å². The Morgan fingerprint density at radius 3 is 2.69 bits per heavy atom. The molecule has 0 bridgehead atoms. The van der Waals surface area contributed by atoms with Gasteiger partial charge in [-0.3, -0.25) is 0 Å². The number of carbonyl (C=O) groups is 1. The molecule has 1 N–H and O–H groups in total. The summed E-state index contributed by atoms with van der Waals surface area (Å²) in [6, 6.07) is 5.49. The van der Waals surface area contributed by atoms with E-state index in [9.17, 15) is 4.79 Å². The van der Waals surface area contributed by atoms with Crippen molar-refractivity contribution in [2.24, 2.45) is 0 Å². The van der Waals surface area contributed by atoms with Gasteiger partial charge in [0.05, 0.1) is 11.6 Å². The lowest BCUT2D eigenvalue weighted by molar-refractivity contribution is -0.148. The van der Waals surface area contributed by atoms with Gasteiger partial charge in [-0.1, -0.05) is 12.1 Å². The molecule has 0 radical (unpaired) electrons. The molecule has 1 aromatic rings. The Morgan fingerprint density at radius 2 is 2.19 bits per heavy atom. The molecular weight excluding hydrogens is 276 g/mol. The van der Waals surface area contributed by atoms with E-state index in [0.717, 1.165) is 10.0 Å². The number of benzene rings is 1. The number of hydrogen-bond acceptors (Lipinski definition) is 3. The molecular formula is C11H13BrO4. The van der Waals surface area contributed by atoms with Crippen molar-refractivity contribution in [3.8, 4) is 5.75 Å². The highest BCUT2D eigenvalue weighted by atomic mass is 79.9. The van der Waals surface area contributed by atoms with Crippen molar-refractivity contribution in [1.29, 1.82) is 0 Å². The van der Waals surface area contributed by atoms with E-state index < -0.39 is 12.1 Å². The first-order valence-corrected chi connectivity index (χ1v) is 5.46. The molecule has 0 aliphatic carbocycles. The second kappa shape index (κ2) is 5.86. The molecule has 0 heterocycles. The average Bonchev–Trinajstić information content (AvgIpc) is 2.25. The van der Waals surface area contributed by atoms with Gasteiger partial charge in [0, 0.05) is 13.5 Å². The molecule has 1 atom stereocenters. The van der Waals surface area contributed by atoms with Gasteiger partial charge in [0.2, 0.25) is 0 Å². The van der Waals surface area contributed by atoms with Crippen molar-refractivity contribution in [3.05, 3.63) is 28.2 Å². The van der Waals surface area contributed by atoms with Gasteiger partial charge < -0.3 is 14.6 Å². The van der Waals surface area contributed by atoms with E-state index in [4.69, 9.17) is 14.6 Å². The van der Waals surface area contributed by atoms with Crippen molar-refractivity contribution in [2.75, 3.05) is 14.2 Å². The van der Waals surface area contributed by atoms with Gasteiger partial charge in [-0.25, -0.2) is 4.79 Å². The molecule has 5 heteroatoms. The van der Waals surface area contributed by atoms with Crippen molar-refractivity contribution >= 4 is 21.9 Å². The fraction of sp³-hybridized carbons (Fsp3) is 0.364. The predicted molar refractivity (Wildman–Crippen MR) is 62.8 cm³/mol. The highest BCUT2D eigenvalue weighted by molar-refractivity contribution is 9.10. The Labute approximate surface area is 102 Å². The third-order valence-corrected chi connectivity index (χ3v) is 2.84. The molecule has 1 aromatic carbocycles. The highest BCUT2D eigenvalue weighted by Gasteiger charge is 2.19. The third-order valence-electron chi connectivity index (χ3n) is 2.22. The molecule has 0 saturated carbocycles.